The number of carbonyl (C=O) groups is 2. The molecule has 1 heterocycles. The summed E-state index contributed by atoms with van der Waals surface area (Å²) < 4.78 is 0. The molecule has 1 aliphatic rings. The van der Waals surface area contributed by atoms with Crippen LogP contribution in [0.15, 0.2) is 42.5 Å². The number of carboxylic acid groups (broad SMARTS) is 1. The lowest BCUT2D eigenvalue weighted by Gasteiger charge is -2.36. The van der Waals surface area contributed by atoms with Gasteiger partial charge in [0.15, 0.2) is 0 Å². The summed E-state index contributed by atoms with van der Waals surface area (Å²) in [5, 5.41) is 12.9. The fraction of sp³-hybridized carbons (Fsp3) is 0.294. The number of fused-ring (bicyclic) bond motifs is 1. The predicted octanol–water partition coefficient (Wildman–Crippen LogP) is 0.628. The lowest BCUT2D eigenvalue weighted by atomic mass is 10.1. The Kier molecular flexibility index (Phi) is 3.96. The Morgan fingerprint density at radius 1 is 0.955 bits per heavy atom. The molecule has 114 valence electrons. The van der Waals surface area contributed by atoms with Gasteiger partial charge in [-0.2, -0.15) is 0 Å². The first-order valence-electron chi connectivity index (χ1n) is 7.35. The van der Waals surface area contributed by atoms with Gasteiger partial charge in [-0.25, -0.2) is 0 Å². The van der Waals surface area contributed by atoms with Crippen molar-refractivity contribution < 1.29 is 14.7 Å². The second kappa shape index (κ2) is 6.05. The van der Waals surface area contributed by atoms with E-state index in [0.717, 1.165) is 5.69 Å². The van der Waals surface area contributed by atoms with Crippen molar-refractivity contribution in [2.75, 3.05) is 31.1 Å². The Bertz CT molecular complexity index is 706. The number of carboxylic acids is 1. The predicted molar refractivity (Wildman–Crippen MR) is 82.4 cm³/mol. The third-order valence-corrected chi connectivity index (χ3v) is 4.03. The number of anilines is 1. The first-order valence-corrected chi connectivity index (χ1v) is 7.35. The van der Waals surface area contributed by atoms with E-state index < -0.39 is 12.4 Å². The van der Waals surface area contributed by atoms with Gasteiger partial charge in [0.05, 0.1) is 12.4 Å². The largest absolute Gasteiger partial charge is 0.550 e. The summed E-state index contributed by atoms with van der Waals surface area (Å²) in [5.74, 6) is -1.68. The highest BCUT2D eigenvalue weighted by Crippen LogP contribution is 2.23. The quantitative estimate of drug-likeness (QED) is 0.780. The van der Waals surface area contributed by atoms with Crippen molar-refractivity contribution in [1.82, 2.24) is 4.90 Å². The maximum absolute atomic E-state index is 11.7. The zero-order valence-electron chi connectivity index (χ0n) is 12.2. The van der Waals surface area contributed by atoms with E-state index in [1.54, 1.807) is 4.90 Å². The lowest BCUT2D eigenvalue weighted by Crippen LogP contribution is -2.49. The number of amides is 1. The van der Waals surface area contributed by atoms with Crippen LogP contribution in [0.1, 0.15) is 6.42 Å². The molecule has 0 N–H and O–H groups in total. The van der Waals surface area contributed by atoms with Crippen LogP contribution in [0.3, 0.4) is 0 Å². The van der Waals surface area contributed by atoms with Crippen molar-refractivity contribution in [1.29, 1.82) is 0 Å². The van der Waals surface area contributed by atoms with Gasteiger partial charge >= 0.3 is 0 Å². The molecule has 1 amide bonds. The van der Waals surface area contributed by atoms with Crippen LogP contribution in [0.25, 0.3) is 10.8 Å². The molecule has 0 unspecified atom stereocenters. The molecule has 1 saturated heterocycles. The molecular formula is C17H17N2O3-. The first kappa shape index (κ1) is 14.4. The number of benzene rings is 2. The fourth-order valence-corrected chi connectivity index (χ4v) is 2.82. The third kappa shape index (κ3) is 3.03. The van der Waals surface area contributed by atoms with E-state index in [1.165, 1.54) is 10.8 Å². The van der Waals surface area contributed by atoms with Gasteiger partial charge in [0.25, 0.3) is 0 Å². The van der Waals surface area contributed by atoms with Crippen LogP contribution in [0.5, 0.6) is 0 Å². The molecule has 0 atom stereocenters. The average molecular weight is 297 g/mol. The Balaban J connectivity index is 1.67. The summed E-state index contributed by atoms with van der Waals surface area (Å²) in [6, 6.07) is 14.5. The number of nitrogens with zero attached hydrogens (tertiary/aromatic N) is 2. The van der Waals surface area contributed by atoms with Crippen LogP contribution >= 0.6 is 0 Å². The van der Waals surface area contributed by atoms with Crippen LogP contribution in [0, 0.1) is 0 Å². The van der Waals surface area contributed by atoms with E-state index >= 15 is 0 Å². The second-order valence-corrected chi connectivity index (χ2v) is 5.45. The van der Waals surface area contributed by atoms with Crippen molar-refractivity contribution in [2.24, 2.45) is 0 Å². The molecule has 3 rings (SSSR count). The molecule has 5 nitrogen and oxygen atoms in total. The zero-order chi connectivity index (χ0) is 15.5. The minimum absolute atomic E-state index is 0.363. The summed E-state index contributed by atoms with van der Waals surface area (Å²) in [6.45, 7) is 2.49. The Morgan fingerprint density at radius 2 is 1.64 bits per heavy atom. The molecule has 1 aliphatic heterocycles. The summed E-state index contributed by atoms with van der Waals surface area (Å²) in [7, 11) is 0. The van der Waals surface area contributed by atoms with Crippen LogP contribution in [0.2, 0.25) is 0 Å². The highest BCUT2D eigenvalue weighted by Gasteiger charge is 2.21. The number of hydrogen-bond acceptors (Lipinski definition) is 4. The molecule has 2 aromatic carbocycles. The van der Waals surface area contributed by atoms with E-state index in [-0.39, 0.29) is 5.91 Å². The molecule has 0 spiro atoms. The number of carbonyl (C=O) groups excluding carboxylic acids is 2. The van der Waals surface area contributed by atoms with E-state index in [1.807, 2.05) is 12.1 Å². The smallest absolute Gasteiger partial charge is 0.228 e. The summed E-state index contributed by atoms with van der Waals surface area (Å²) in [4.78, 5) is 26.0. The van der Waals surface area contributed by atoms with Crippen molar-refractivity contribution in [3.05, 3.63) is 42.5 Å². The monoisotopic (exact) mass is 297 g/mol. The van der Waals surface area contributed by atoms with Crippen molar-refractivity contribution in [3.63, 3.8) is 0 Å². The Labute approximate surface area is 128 Å². The molecule has 2 aromatic rings. The van der Waals surface area contributed by atoms with Gasteiger partial charge in [0.2, 0.25) is 5.91 Å². The van der Waals surface area contributed by atoms with E-state index in [0.29, 0.717) is 26.2 Å². The third-order valence-electron chi connectivity index (χ3n) is 4.03. The first-order chi connectivity index (χ1) is 10.6. The number of aliphatic carboxylic acids is 1. The normalized spacial score (nSPS) is 15.1. The molecule has 1 fully saturated rings. The number of piperazine rings is 1. The molecule has 5 heteroatoms. The zero-order valence-corrected chi connectivity index (χ0v) is 12.2. The van der Waals surface area contributed by atoms with Crippen LogP contribution in [0.4, 0.5) is 5.69 Å². The molecule has 0 radical (unpaired) electrons. The number of rotatable bonds is 3. The van der Waals surface area contributed by atoms with Gasteiger partial charge in [-0.05, 0) is 22.9 Å². The van der Waals surface area contributed by atoms with Gasteiger partial charge < -0.3 is 19.7 Å². The maximum Gasteiger partial charge on any atom is 0.228 e. The van der Waals surface area contributed by atoms with Crippen LogP contribution < -0.4 is 10.0 Å². The second-order valence-electron chi connectivity index (χ2n) is 5.45. The van der Waals surface area contributed by atoms with Gasteiger partial charge in [0.1, 0.15) is 0 Å². The highest BCUT2D eigenvalue weighted by molar-refractivity contribution is 5.92. The van der Waals surface area contributed by atoms with Gasteiger partial charge in [-0.1, -0.05) is 30.3 Å². The summed E-state index contributed by atoms with van der Waals surface area (Å²) >= 11 is 0. The molecule has 0 aromatic heterocycles. The van der Waals surface area contributed by atoms with Gasteiger partial charge in [-0.15, -0.1) is 0 Å². The Hall–Kier alpha value is -2.56. The molecule has 0 bridgehead atoms. The molecule has 22 heavy (non-hydrogen) atoms. The molecular weight excluding hydrogens is 280 g/mol. The molecule has 0 aliphatic carbocycles. The highest BCUT2D eigenvalue weighted by atomic mass is 16.4. The average Bonchev–Trinajstić information content (AvgIpc) is 2.54. The van der Waals surface area contributed by atoms with Crippen molar-refractivity contribution in [2.45, 2.75) is 6.42 Å². The van der Waals surface area contributed by atoms with Crippen LogP contribution in [-0.4, -0.2) is 43.0 Å². The van der Waals surface area contributed by atoms with Crippen LogP contribution in [-0.2, 0) is 9.59 Å². The maximum atomic E-state index is 11.7. The van der Waals surface area contributed by atoms with Gasteiger partial charge in [-0.3, -0.25) is 4.79 Å². The Morgan fingerprint density at radius 3 is 2.32 bits per heavy atom. The van der Waals surface area contributed by atoms with Gasteiger partial charge in [0, 0.05) is 31.9 Å². The summed E-state index contributed by atoms with van der Waals surface area (Å²) in [5.41, 5.74) is 1.13. The van der Waals surface area contributed by atoms with E-state index in [9.17, 15) is 14.7 Å². The minimum atomic E-state index is -1.32. The summed E-state index contributed by atoms with van der Waals surface area (Å²) in [6.07, 6.45) is -0.532. The fourth-order valence-electron chi connectivity index (χ4n) is 2.82. The van der Waals surface area contributed by atoms with E-state index in [4.69, 9.17) is 0 Å². The van der Waals surface area contributed by atoms with Crippen molar-refractivity contribution >= 4 is 28.3 Å². The van der Waals surface area contributed by atoms with E-state index in [2.05, 4.69) is 35.2 Å². The van der Waals surface area contributed by atoms with Crippen molar-refractivity contribution in [3.8, 4) is 0 Å². The topological polar surface area (TPSA) is 63.7 Å². The number of hydrogen-bond donors (Lipinski definition) is 0. The lowest BCUT2D eigenvalue weighted by molar-refractivity contribution is -0.304. The minimum Gasteiger partial charge on any atom is -0.550 e. The molecule has 0 saturated carbocycles. The SMILES string of the molecule is O=C([O-])CC(=O)N1CCN(c2ccc3ccccc3c2)CC1. The standard InChI is InChI=1S/C17H18N2O3/c20-16(12-17(21)22)19-9-7-18(8-10-19)15-6-5-13-3-1-2-4-14(13)11-15/h1-6,11H,7-10,12H2,(H,21,22)/p-1.